The van der Waals surface area contributed by atoms with Crippen LogP contribution >= 0.6 is 0 Å². The van der Waals surface area contributed by atoms with Crippen molar-refractivity contribution in [3.63, 3.8) is 0 Å². The lowest BCUT2D eigenvalue weighted by atomic mass is 10.0. The number of carbonyl (C=O) groups is 1. The van der Waals surface area contributed by atoms with Crippen molar-refractivity contribution in [1.82, 2.24) is 15.1 Å². The zero-order valence-corrected chi connectivity index (χ0v) is 13.7. The lowest BCUT2D eigenvalue weighted by Gasteiger charge is -2.34. The summed E-state index contributed by atoms with van der Waals surface area (Å²) in [4.78, 5) is 14.5. The number of aliphatic hydroxyl groups is 1. The molecular weight excluding hydrogens is 306 g/mol. The van der Waals surface area contributed by atoms with E-state index < -0.39 is 0 Å². The molecule has 1 aliphatic rings. The van der Waals surface area contributed by atoms with Gasteiger partial charge in [-0.2, -0.15) is 0 Å². The lowest BCUT2D eigenvalue weighted by Crippen LogP contribution is -2.45. The SMILES string of the molecule is COc1ccc(-c2ccc(C(=O)N3CCCC[C@H]3CO)cc2)nn1. The van der Waals surface area contributed by atoms with Crippen LogP contribution in [0.2, 0.25) is 0 Å². The summed E-state index contributed by atoms with van der Waals surface area (Å²) in [6.45, 7) is 0.723. The van der Waals surface area contributed by atoms with Crippen LogP contribution in [0.5, 0.6) is 5.88 Å². The van der Waals surface area contributed by atoms with Gasteiger partial charge >= 0.3 is 0 Å². The Bertz CT molecular complexity index is 686. The van der Waals surface area contributed by atoms with Crippen LogP contribution in [-0.4, -0.2) is 52.4 Å². The zero-order valence-electron chi connectivity index (χ0n) is 13.7. The van der Waals surface area contributed by atoms with E-state index >= 15 is 0 Å². The molecule has 0 bridgehead atoms. The van der Waals surface area contributed by atoms with E-state index in [1.165, 1.54) is 0 Å². The van der Waals surface area contributed by atoms with Crippen LogP contribution in [0.3, 0.4) is 0 Å². The summed E-state index contributed by atoms with van der Waals surface area (Å²) in [5.74, 6) is 0.437. The molecule has 1 amide bonds. The summed E-state index contributed by atoms with van der Waals surface area (Å²) >= 11 is 0. The molecule has 2 heterocycles. The Labute approximate surface area is 141 Å². The first kappa shape index (κ1) is 16.4. The molecule has 0 unspecified atom stereocenters. The molecule has 1 aromatic carbocycles. The van der Waals surface area contributed by atoms with Crippen LogP contribution in [-0.2, 0) is 0 Å². The van der Waals surface area contributed by atoms with Gasteiger partial charge in [-0.15, -0.1) is 10.2 Å². The van der Waals surface area contributed by atoms with Gasteiger partial charge in [0.25, 0.3) is 5.91 Å². The Morgan fingerprint density at radius 1 is 1.21 bits per heavy atom. The van der Waals surface area contributed by atoms with Crippen LogP contribution < -0.4 is 4.74 Å². The van der Waals surface area contributed by atoms with Gasteiger partial charge < -0.3 is 14.7 Å². The number of rotatable bonds is 4. The zero-order chi connectivity index (χ0) is 16.9. The molecule has 24 heavy (non-hydrogen) atoms. The van der Waals surface area contributed by atoms with Gasteiger partial charge in [-0.3, -0.25) is 4.79 Å². The number of nitrogens with zero attached hydrogens (tertiary/aromatic N) is 3. The molecule has 1 atom stereocenters. The van der Waals surface area contributed by atoms with Crippen molar-refractivity contribution in [2.45, 2.75) is 25.3 Å². The van der Waals surface area contributed by atoms with Crippen molar-refractivity contribution in [2.75, 3.05) is 20.3 Å². The van der Waals surface area contributed by atoms with Gasteiger partial charge in [0.1, 0.15) is 0 Å². The van der Waals surface area contributed by atoms with Crippen molar-refractivity contribution in [3.8, 4) is 17.1 Å². The number of hydrogen-bond acceptors (Lipinski definition) is 5. The highest BCUT2D eigenvalue weighted by Gasteiger charge is 2.26. The first-order valence-electron chi connectivity index (χ1n) is 8.13. The Morgan fingerprint density at radius 2 is 2.00 bits per heavy atom. The highest BCUT2D eigenvalue weighted by molar-refractivity contribution is 5.95. The molecule has 1 aliphatic heterocycles. The summed E-state index contributed by atoms with van der Waals surface area (Å²) < 4.78 is 5.00. The van der Waals surface area contributed by atoms with Crippen LogP contribution in [0.15, 0.2) is 36.4 Å². The highest BCUT2D eigenvalue weighted by Crippen LogP contribution is 2.22. The molecular formula is C18H21N3O3. The number of likely N-dealkylation sites (tertiary alicyclic amines) is 1. The van der Waals surface area contributed by atoms with E-state index in [0.29, 0.717) is 18.0 Å². The average Bonchev–Trinajstić information content (AvgIpc) is 2.67. The number of hydrogen-bond donors (Lipinski definition) is 1. The second kappa shape index (κ2) is 7.40. The monoisotopic (exact) mass is 327 g/mol. The third-order valence-electron chi connectivity index (χ3n) is 4.38. The van der Waals surface area contributed by atoms with Crippen LogP contribution in [0.4, 0.5) is 0 Å². The van der Waals surface area contributed by atoms with Gasteiger partial charge in [-0.25, -0.2) is 0 Å². The van der Waals surface area contributed by atoms with Crippen molar-refractivity contribution in [2.24, 2.45) is 0 Å². The van der Waals surface area contributed by atoms with Gasteiger partial charge in [0.15, 0.2) is 0 Å². The summed E-state index contributed by atoms with van der Waals surface area (Å²) in [6.07, 6.45) is 2.91. The maximum absolute atomic E-state index is 12.7. The fourth-order valence-electron chi connectivity index (χ4n) is 2.99. The molecule has 2 aromatic rings. The summed E-state index contributed by atoms with van der Waals surface area (Å²) in [6, 6.07) is 10.8. The van der Waals surface area contributed by atoms with Gasteiger partial charge in [0, 0.05) is 23.7 Å². The predicted octanol–water partition coefficient (Wildman–Crippen LogP) is 2.14. The Hall–Kier alpha value is -2.47. The van der Waals surface area contributed by atoms with Crippen LogP contribution in [0.1, 0.15) is 29.6 Å². The largest absolute Gasteiger partial charge is 0.480 e. The Kier molecular flexibility index (Phi) is 5.05. The summed E-state index contributed by atoms with van der Waals surface area (Å²) in [5, 5.41) is 17.5. The maximum Gasteiger partial charge on any atom is 0.254 e. The third kappa shape index (κ3) is 3.38. The van der Waals surface area contributed by atoms with Gasteiger partial charge in [-0.1, -0.05) is 12.1 Å². The van der Waals surface area contributed by atoms with E-state index in [1.54, 1.807) is 30.2 Å². The van der Waals surface area contributed by atoms with Gasteiger partial charge in [-0.05, 0) is 37.5 Å². The number of aromatic nitrogens is 2. The predicted molar refractivity (Wildman–Crippen MR) is 89.8 cm³/mol. The molecule has 1 saturated heterocycles. The average molecular weight is 327 g/mol. The summed E-state index contributed by atoms with van der Waals surface area (Å²) in [7, 11) is 1.55. The second-order valence-corrected chi connectivity index (χ2v) is 5.87. The molecule has 0 aliphatic carbocycles. The number of methoxy groups -OCH3 is 1. The number of ether oxygens (including phenoxy) is 1. The molecule has 0 radical (unpaired) electrons. The van der Waals surface area contributed by atoms with E-state index in [2.05, 4.69) is 10.2 Å². The molecule has 126 valence electrons. The minimum atomic E-state index is -0.0709. The molecule has 1 fully saturated rings. The van der Waals surface area contributed by atoms with Crippen molar-refractivity contribution in [1.29, 1.82) is 0 Å². The number of amides is 1. The number of benzene rings is 1. The number of piperidine rings is 1. The Balaban J connectivity index is 1.76. The molecule has 6 nitrogen and oxygen atoms in total. The van der Waals surface area contributed by atoms with E-state index in [1.807, 2.05) is 18.2 Å². The molecule has 6 heteroatoms. The smallest absolute Gasteiger partial charge is 0.254 e. The topological polar surface area (TPSA) is 75.5 Å². The molecule has 0 saturated carbocycles. The quantitative estimate of drug-likeness (QED) is 0.931. The highest BCUT2D eigenvalue weighted by atomic mass is 16.5. The van der Waals surface area contributed by atoms with Crippen LogP contribution in [0, 0.1) is 0 Å². The molecule has 0 spiro atoms. The van der Waals surface area contributed by atoms with Gasteiger partial charge in [0.2, 0.25) is 5.88 Å². The van der Waals surface area contributed by atoms with E-state index in [4.69, 9.17) is 4.74 Å². The van der Waals surface area contributed by atoms with E-state index in [0.717, 1.165) is 30.5 Å². The first-order chi connectivity index (χ1) is 11.7. The first-order valence-corrected chi connectivity index (χ1v) is 8.13. The number of aliphatic hydroxyl groups excluding tert-OH is 1. The minimum Gasteiger partial charge on any atom is -0.480 e. The lowest BCUT2D eigenvalue weighted by molar-refractivity contribution is 0.0503. The maximum atomic E-state index is 12.7. The van der Waals surface area contributed by atoms with Crippen molar-refractivity contribution >= 4 is 5.91 Å². The summed E-state index contributed by atoms with van der Waals surface area (Å²) in [5.41, 5.74) is 2.24. The van der Waals surface area contributed by atoms with Crippen molar-refractivity contribution in [3.05, 3.63) is 42.0 Å². The van der Waals surface area contributed by atoms with E-state index in [9.17, 15) is 9.90 Å². The van der Waals surface area contributed by atoms with Crippen LogP contribution in [0.25, 0.3) is 11.3 Å². The van der Waals surface area contributed by atoms with Gasteiger partial charge in [0.05, 0.1) is 25.5 Å². The van der Waals surface area contributed by atoms with E-state index in [-0.39, 0.29) is 18.6 Å². The standard InChI is InChI=1S/C18H21N3O3/c1-24-17-10-9-16(19-20-17)13-5-7-14(8-6-13)18(23)21-11-3-2-4-15(21)12-22/h5-10,15,22H,2-4,11-12H2,1H3/t15-/m0/s1. The fraction of sp³-hybridized carbons (Fsp3) is 0.389. The molecule has 1 N–H and O–H groups in total. The molecule has 1 aromatic heterocycles. The molecule has 3 rings (SSSR count). The third-order valence-corrected chi connectivity index (χ3v) is 4.38. The van der Waals surface area contributed by atoms with Crippen molar-refractivity contribution < 1.29 is 14.6 Å². The normalized spacial score (nSPS) is 17.6. The second-order valence-electron chi connectivity index (χ2n) is 5.87. The fourth-order valence-corrected chi connectivity index (χ4v) is 2.99. The minimum absolute atomic E-state index is 0.0191. The number of carbonyl (C=O) groups excluding carboxylic acids is 1. The Morgan fingerprint density at radius 3 is 2.62 bits per heavy atom.